The molecule has 0 aromatic carbocycles. The molecule has 2 unspecified atom stereocenters. The van der Waals surface area contributed by atoms with Crippen LogP contribution in [0.3, 0.4) is 0 Å². The van der Waals surface area contributed by atoms with E-state index in [0.29, 0.717) is 16.9 Å². The summed E-state index contributed by atoms with van der Waals surface area (Å²) in [4.78, 5) is 0. The van der Waals surface area contributed by atoms with Crippen LogP contribution in [0.15, 0.2) is 0 Å². The minimum absolute atomic E-state index is 0.457. The second-order valence-corrected chi connectivity index (χ2v) is 7.09. The fraction of sp³-hybridized carbons (Fsp3) is 1.00. The first kappa shape index (κ1) is 12.4. The Kier molecular flexibility index (Phi) is 3.33. The highest BCUT2D eigenvalue weighted by Crippen LogP contribution is 2.40. The van der Waals surface area contributed by atoms with Crippen molar-refractivity contribution in [2.24, 2.45) is 10.8 Å². The minimum Gasteiger partial charge on any atom is -0.312 e. The molecule has 2 N–H and O–H groups in total. The van der Waals surface area contributed by atoms with Crippen molar-refractivity contribution in [3.05, 3.63) is 0 Å². The Morgan fingerprint density at radius 2 is 1.88 bits per heavy atom. The van der Waals surface area contributed by atoms with E-state index in [9.17, 15) is 0 Å². The fourth-order valence-electron chi connectivity index (χ4n) is 3.12. The topological polar surface area (TPSA) is 24.1 Å². The molecule has 2 fully saturated rings. The second kappa shape index (κ2) is 4.30. The third kappa shape index (κ3) is 2.43. The molecule has 0 aromatic heterocycles. The highest BCUT2D eigenvalue weighted by Gasteiger charge is 2.39. The molecule has 2 heteroatoms. The second-order valence-electron chi connectivity index (χ2n) is 7.09. The van der Waals surface area contributed by atoms with E-state index in [4.69, 9.17) is 0 Å². The summed E-state index contributed by atoms with van der Waals surface area (Å²) in [5.41, 5.74) is 0.984. The van der Waals surface area contributed by atoms with Gasteiger partial charge in [-0.3, -0.25) is 0 Å². The molecular weight excluding hydrogens is 196 g/mol. The first-order valence-electron chi connectivity index (χ1n) is 6.89. The smallest absolute Gasteiger partial charge is 0.0243 e. The van der Waals surface area contributed by atoms with Crippen LogP contribution in [-0.4, -0.2) is 25.2 Å². The Morgan fingerprint density at radius 1 is 1.12 bits per heavy atom. The molecule has 0 bridgehead atoms. The molecule has 2 rings (SSSR count). The lowest BCUT2D eigenvalue weighted by molar-refractivity contribution is 0.0923. The first-order chi connectivity index (χ1) is 7.42. The van der Waals surface area contributed by atoms with Crippen molar-refractivity contribution in [1.29, 1.82) is 0 Å². The Balaban J connectivity index is 1.81. The van der Waals surface area contributed by atoms with E-state index >= 15 is 0 Å². The lowest BCUT2D eigenvalue weighted by Crippen LogP contribution is -2.57. The average Bonchev–Trinajstić information content (AvgIpc) is 2.19. The van der Waals surface area contributed by atoms with Crippen molar-refractivity contribution >= 4 is 0 Å². The van der Waals surface area contributed by atoms with Crippen LogP contribution < -0.4 is 10.6 Å². The van der Waals surface area contributed by atoms with E-state index in [1.165, 1.54) is 32.2 Å². The van der Waals surface area contributed by atoms with Gasteiger partial charge in [0.2, 0.25) is 0 Å². The van der Waals surface area contributed by atoms with Gasteiger partial charge in [0.05, 0.1) is 0 Å². The van der Waals surface area contributed by atoms with E-state index in [-0.39, 0.29) is 0 Å². The van der Waals surface area contributed by atoms with Crippen LogP contribution in [0.5, 0.6) is 0 Å². The molecule has 2 aliphatic rings. The first-order valence-corrected chi connectivity index (χ1v) is 6.89. The number of hydrogen-bond acceptors (Lipinski definition) is 2. The maximum Gasteiger partial charge on any atom is 0.0243 e. The Bertz CT molecular complexity index is 245. The van der Waals surface area contributed by atoms with Crippen molar-refractivity contribution in [3.8, 4) is 0 Å². The maximum absolute atomic E-state index is 3.77. The predicted molar refractivity (Wildman–Crippen MR) is 69.6 cm³/mol. The van der Waals surface area contributed by atoms with E-state index in [1.807, 2.05) is 0 Å². The summed E-state index contributed by atoms with van der Waals surface area (Å²) >= 11 is 0. The molecule has 2 nitrogen and oxygen atoms in total. The number of piperidine rings is 1. The van der Waals surface area contributed by atoms with Crippen LogP contribution in [-0.2, 0) is 0 Å². The largest absolute Gasteiger partial charge is 0.312 e. The summed E-state index contributed by atoms with van der Waals surface area (Å²) in [5, 5.41) is 7.45. The zero-order valence-corrected chi connectivity index (χ0v) is 11.4. The van der Waals surface area contributed by atoms with Gasteiger partial charge in [0.15, 0.2) is 0 Å². The molecule has 1 aliphatic carbocycles. The normalized spacial score (nSPS) is 36.8. The molecule has 2 atom stereocenters. The highest BCUT2D eigenvalue weighted by atomic mass is 15.0. The highest BCUT2D eigenvalue weighted by molar-refractivity contribution is 4.97. The zero-order chi connectivity index (χ0) is 11.8. The summed E-state index contributed by atoms with van der Waals surface area (Å²) in [6, 6.07) is 1.39. The molecule has 1 saturated heterocycles. The molecule has 1 heterocycles. The molecule has 16 heavy (non-hydrogen) atoms. The number of nitrogens with one attached hydrogen (secondary N) is 2. The van der Waals surface area contributed by atoms with Gasteiger partial charge in [-0.05, 0) is 43.1 Å². The molecular formula is C14H28N2. The van der Waals surface area contributed by atoms with E-state index in [1.54, 1.807) is 0 Å². The van der Waals surface area contributed by atoms with Crippen LogP contribution in [0.1, 0.15) is 53.4 Å². The van der Waals surface area contributed by atoms with Gasteiger partial charge in [0.1, 0.15) is 0 Å². The average molecular weight is 224 g/mol. The van der Waals surface area contributed by atoms with Gasteiger partial charge in [0.25, 0.3) is 0 Å². The molecule has 1 saturated carbocycles. The third-order valence-corrected chi connectivity index (χ3v) is 4.92. The summed E-state index contributed by atoms with van der Waals surface area (Å²) in [7, 11) is 0. The molecule has 0 spiro atoms. The molecule has 94 valence electrons. The predicted octanol–water partition coefficient (Wildman–Crippen LogP) is 2.54. The number of hydrogen-bond donors (Lipinski definition) is 2. The van der Waals surface area contributed by atoms with Crippen LogP contribution >= 0.6 is 0 Å². The summed E-state index contributed by atoms with van der Waals surface area (Å²) < 4.78 is 0. The summed E-state index contributed by atoms with van der Waals surface area (Å²) in [5.74, 6) is 0. The summed E-state index contributed by atoms with van der Waals surface area (Å²) in [6.45, 7) is 11.9. The lowest BCUT2D eigenvalue weighted by Gasteiger charge is -2.47. The SMILES string of the molecule is CC1(C)CCC1NCC1NCCCC1(C)C. The Labute approximate surface area is 101 Å². The molecule has 0 amide bonds. The standard InChI is InChI=1S/C14H28N2/c1-13(2)7-5-9-15-12(13)10-16-11-6-8-14(11,3)4/h11-12,15-16H,5-10H2,1-4H3. The van der Waals surface area contributed by atoms with Gasteiger partial charge in [-0.2, -0.15) is 0 Å². The summed E-state index contributed by atoms with van der Waals surface area (Å²) in [6.07, 6.45) is 5.44. The van der Waals surface area contributed by atoms with Gasteiger partial charge in [-0.15, -0.1) is 0 Å². The van der Waals surface area contributed by atoms with Gasteiger partial charge in [-0.1, -0.05) is 27.7 Å². The Morgan fingerprint density at radius 3 is 2.38 bits per heavy atom. The van der Waals surface area contributed by atoms with E-state index < -0.39 is 0 Å². The molecule has 1 aliphatic heterocycles. The van der Waals surface area contributed by atoms with Gasteiger partial charge < -0.3 is 10.6 Å². The van der Waals surface area contributed by atoms with Crippen molar-refractivity contribution in [2.45, 2.75) is 65.5 Å². The monoisotopic (exact) mass is 224 g/mol. The van der Waals surface area contributed by atoms with Crippen LogP contribution in [0.25, 0.3) is 0 Å². The van der Waals surface area contributed by atoms with E-state index in [0.717, 1.165) is 12.6 Å². The van der Waals surface area contributed by atoms with Crippen LogP contribution in [0.4, 0.5) is 0 Å². The lowest BCUT2D eigenvalue weighted by atomic mass is 9.67. The van der Waals surface area contributed by atoms with Crippen molar-refractivity contribution < 1.29 is 0 Å². The van der Waals surface area contributed by atoms with Crippen LogP contribution in [0, 0.1) is 10.8 Å². The minimum atomic E-state index is 0.457. The van der Waals surface area contributed by atoms with Crippen LogP contribution in [0.2, 0.25) is 0 Å². The van der Waals surface area contributed by atoms with E-state index in [2.05, 4.69) is 38.3 Å². The Hall–Kier alpha value is -0.0800. The molecule has 0 aromatic rings. The van der Waals surface area contributed by atoms with Gasteiger partial charge >= 0.3 is 0 Å². The van der Waals surface area contributed by atoms with Crippen molar-refractivity contribution in [3.63, 3.8) is 0 Å². The van der Waals surface area contributed by atoms with Crippen molar-refractivity contribution in [2.75, 3.05) is 13.1 Å². The van der Waals surface area contributed by atoms with Crippen molar-refractivity contribution in [1.82, 2.24) is 10.6 Å². The zero-order valence-electron chi connectivity index (χ0n) is 11.4. The molecule has 0 radical (unpaired) electrons. The number of rotatable bonds is 3. The van der Waals surface area contributed by atoms with Gasteiger partial charge in [0, 0.05) is 18.6 Å². The van der Waals surface area contributed by atoms with Gasteiger partial charge in [-0.25, -0.2) is 0 Å². The quantitative estimate of drug-likeness (QED) is 0.770. The maximum atomic E-state index is 3.77. The third-order valence-electron chi connectivity index (χ3n) is 4.92. The fourth-order valence-corrected chi connectivity index (χ4v) is 3.12.